The fourth-order valence-electron chi connectivity index (χ4n) is 2.52. The highest BCUT2D eigenvalue weighted by Gasteiger charge is 2.28. The van der Waals surface area contributed by atoms with E-state index in [0.29, 0.717) is 5.92 Å². The standard InChI is InChI=1S/C15H18N2O/c1-2-10(3-1)9-16-12-6-7-14-13(8-12)17-15(18-14)11-4-5-11/h6-8,10-11,16H,1-5,9H2. The normalized spacial score (nSPS) is 20.0. The summed E-state index contributed by atoms with van der Waals surface area (Å²) in [5.74, 6) is 2.39. The molecule has 0 spiro atoms. The molecule has 0 aliphatic heterocycles. The third-order valence-corrected chi connectivity index (χ3v) is 4.15. The maximum absolute atomic E-state index is 5.77. The van der Waals surface area contributed by atoms with Gasteiger partial charge in [-0.25, -0.2) is 4.98 Å². The molecule has 4 rings (SSSR count). The second-order valence-corrected chi connectivity index (χ2v) is 5.69. The van der Waals surface area contributed by atoms with Crippen LogP contribution in [-0.2, 0) is 0 Å². The van der Waals surface area contributed by atoms with E-state index >= 15 is 0 Å². The minimum absolute atomic E-state index is 0.587. The van der Waals surface area contributed by atoms with Gasteiger partial charge in [0.25, 0.3) is 0 Å². The topological polar surface area (TPSA) is 38.1 Å². The van der Waals surface area contributed by atoms with Gasteiger partial charge >= 0.3 is 0 Å². The van der Waals surface area contributed by atoms with Gasteiger partial charge < -0.3 is 9.73 Å². The summed E-state index contributed by atoms with van der Waals surface area (Å²) >= 11 is 0. The minimum Gasteiger partial charge on any atom is -0.440 e. The molecule has 0 unspecified atom stereocenters. The lowest BCUT2D eigenvalue weighted by molar-refractivity contribution is 0.333. The Balaban J connectivity index is 1.53. The van der Waals surface area contributed by atoms with Crippen molar-refractivity contribution < 1.29 is 4.42 Å². The predicted octanol–water partition coefficient (Wildman–Crippen LogP) is 3.92. The Bertz CT molecular complexity index is 567. The second-order valence-electron chi connectivity index (χ2n) is 5.69. The van der Waals surface area contributed by atoms with Crippen LogP contribution in [-0.4, -0.2) is 11.5 Å². The van der Waals surface area contributed by atoms with Gasteiger partial charge in [0.2, 0.25) is 0 Å². The molecule has 2 saturated carbocycles. The number of anilines is 1. The number of nitrogens with one attached hydrogen (secondary N) is 1. The largest absolute Gasteiger partial charge is 0.440 e. The van der Waals surface area contributed by atoms with Crippen molar-refractivity contribution in [3.05, 3.63) is 24.1 Å². The van der Waals surface area contributed by atoms with E-state index < -0.39 is 0 Å². The van der Waals surface area contributed by atoms with E-state index in [1.54, 1.807) is 0 Å². The third-order valence-electron chi connectivity index (χ3n) is 4.15. The first-order valence-electron chi connectivity index (χ1n) is 7.03. The van der Waals surface area contributed by atoms with Crippen molar-refractivity contribution in [3.63, 3.8) is 0 Å². The van der Waals surface area contributed by atoms with E-state index in [2.05, 4.69) is 22.4 Å². The molecule has 1 aromatic heterocycles. The van der Waals surface area contributed by atoms with E-state index in [9.17, 15) is 0 Å². The summed E-state index contributed by atoms with van der Waals surface area (Å²) in [6, 6.07) is 6.25. The molecule has 2 aliphatic carbocycles. The number of nitrogens with zero attached hydrogens (tertiary/aromatic N) is 1. The van der Waals surface area contributed by atoms with E-state index in [0.717, 1.165) is 29.5 Å². The fraction of sp³-hybridized carbons (Fsp3) is 0.533. The molecule has 0 radical (unpaired) electrons. The Morgan fingerprint density at radius 2 is 2.11 bits per heavy atom. The molecule has 2 fully saturated rings. The van der Waals surface area contributed by atoms with Crippen LogP contribution in [0.1, 0.15) is 43.9 Å². The Morgan fingerprint density at radius 1 is 1.22 bits per heavy atom. The average molecular weight is 242 g/mol. The summed E-state index contributed by atoms with van der Waals surface area (Å²) in [5, 5.41) is 3.51. The smallest absolute Gasteiger partial charge is 0.198 e. The fourth-order valence-corrected chi connectivity index (χ4v) is 2.52. The first kappa shape index (κ1) is 10.4. The SMILES string of the molecule is c1cc2oc(C3CC3)nc2cc1NCC1CCC1. The molecule has 0 bridgehead atoms. The van der Waals surface area contributed by atoms with Gasteiger partial charge in [-0.05, 0) is 49.8 Å². The summed E-state index contributed by atoms with van der Waals surface area (Å²) in [5.41, 5.74) is 3.09. The van der Waals surface area contributed by atoms with E-state index in [4.69, 9.17) is 4.42 Å². The molecular weight excluding hydrogens is 224 g/mol. The van der Waals surface area contributed by atoms with Crippen molar-refractivity contribution in [1.29, 1.82) is 0 Å². The van der Waals surface area contributed by atoms with Crippen molar-refractivity contribution in [2.75, 3.05) is 11.9 Å². The first-order valence-corrected chi connectivity index (χ1v) is 7.03. The van der Waals surface area contributed by atoms with Crippen LogP contribution in [0.4, 0.5) is 5.69 Å². The highest BCUT2D eigenvalue weighted by Crippen LogP contribution is 2.40. The van der Waals surface area contributed by atoms with Crippen LogP contribution < -0.4 is 5.32 Å². The van der Waals surface area contributed by atoms with Gasteiger partial charge in [-0.3, -0.25) is 0 Å². The lowest BCUT2D eigenvalue weighted by atomic mass is 9.85. The molecule has 1 N–H and O–H groups in total. The number of aromatic nitrogens is 1. The summed E-state index contributed by atoms with van der Waals surface area (Å²) in [6.45, 7) is 1.10. The molecule has 0 amide bonds. The molecule has 0 saturated heterocycles. The summed E-state index contributed by atoms with van der Waals surface area (Å²) < 4.78 is 5.77. The summed E-state index contributed by atoms with van der Waals surface area (Å²) in [6.07, 6.45) is 6.63. The van der Waals surface area contributed by atoms with Crippen molar-refractivity contribution >= 4 is 16.8 Å². The Kier molecular flexibility index (Phi) is 2.32. The molecule has 1 heterocycles. The molecule has 2 aromatic rings. The lowest BCUT2D eigenvalue weighted by Gasteiger charge is -2.25. The number of benzene rings is 1. The summed E-state index contributed by atoms with van der Waals surface area (Å²) in [7, 11) is 0. The van der Waals surface area contributed by atoms with Gasteiger partial charge in [-0.15, -0.1) is 0 Å². The van der Waals surface area contributed by atoms with Gasteiger partial charge in [0.1, 0.15) is 5.52 Å². The molecular formula is C15H18N2O. The second kappa shape index (κ2) is 4.01. The van der Waals surface area contributed by atoms with Crippen molar-refractivity contribution in [2.45, 2.75) is 38.0 Å². The van der Waals surface area contributed by atoms with Crippen LogP contribution in [0.5, 0.6) is 0 Å². The highest BCUT2D eigenvalue weighted by molar-refractivity contribution is 5.77. The molecule has 3 heteroatoms. The Morgan fingerprint density at radius 3 is 2.83 bits per heavy atom. The lowest BCUT2D eigenvalue weighted by Crippen LogP contribution is -2.20. The van der Waals surface area contributed by atoms with E-state index in [1.807, 2.05) is 6.07 Å². The predicted molar refractivity (Wildman–Crippen MR) is 71.8 cm³/mol. The van der Waals surface area contributed by atoms with Crippen LogP contribution in [0.15, 0.2) is 22.6 Å². The van der Waals surface area contributed by atoms with Gasteiger partial charge in [0, 0.05) is 18.2 Å². The zero-order valence-electron chi connectivity index (χ0n) is 10.5. The monoisotopic (exact) mass is 242 g/mol. The Hall–Kier alpha value is -1.51. The Labute approximate surface area is 107 Å². The van der Waals surface area contributed by atoms with E-state index in [1.165, 1.54) is 37.8 Å². The maximum Gasteiger partial charge on any atom is 0.198 e. The molecule has 18 heavy (non-hydrogen) atoms. The molecule has 1 aromatic carbocycles. The number of oxazole rings is 1. The van der Waals surface area contributed by atoms with Crippen molar-refractivity contribution in [2.24, 2.45) is 5.92 Å². The first-order chi connectivity index (χ1) is 8.88. The van der Waals surface area contributed by atoms with Gasteiger partial charge in [0.15, 0.2) is 11.5 Å². The number of hydrogen-bond acceptors (Lipinski definition) is 3. The van der Waals surface area contributed by atoms with Crippen molar-refractivity contribution in [3.8, 4) is 0 Å². The maximum atomic E-state index is 5.77. The van der Waals surface area contributed by atoms with Crippen LogP contribution in [0.2, 0.25) is 0 Å². The van der Waals surface area contributed by atoms with Crippen LogP contribution in [0.25, 0.3) is 11.1 Å². The minimum atomic E-state index is 0.587. The number of rotatable bonds is 4. The quantitative estimate of drug-likeness (QED) is 0.883. The number of fused-ring (bicyclic) bond motifs is 1. The van der Waals surface area contributed by atoms with Gasteiger partial charge in [0.05, 0.1) is 0 Å². The van der Waals surface area contributed by atoms with E-state index in [-0.39, 0.29) is 0 Å². The highest BCUT2D eigenvalue weighted by atomic mass is 16.3. The molecule has 0 atom stereocenters. The van der Waals surface area contributed by atoms with Crippen molar-refractivity contribution in [1.82, 2.24) is 4.98 Å². The summed E-state index contributed by atoms with van der Waals surface area (Å²) in [4.78, 5) is 4.59. The molecule has 94 valence electrons. The van der Waals surface area contributed by atoms with Gasteiger partial charge in [-0.1, -0.05) is 6.42 Å². The number of hydrogen-bond donors (Lipinski definition) is 1. The zero-order valence-corrected chi connectivity index (χ0v) is 10.5. The van der Waals surface area contributed by atoms with Crippen LogP contribution in [0.3, 0.4) is 0 Å². The average Bonchev–Trinajstić information content (AvgIpc) is 3.07. The zero-order chi connectivity index (χ0) is 11.9. The molecule has 3 nitrogen and oxygen atoms in total. The third kappa shape index (κ3) is 1.88. The van der Waals surface area contributed by atoms with Gasteiger partial charge in [-0.2, -0.15) is 0 Å². The van der Waals surface area contributed by atoms with Crippen LogP contribution in [0, 0.1) is 5.92 Å². The molecule has 2 aliphatic rings. The van der Waals surface area contributed by atoms with Crippen LogP contribution >= 0.6 is 0 Å².